The largest absolute Gasteiger partial charge is 0.493 e. The maximum absolute atomic E-state index is 12.1. The number of ether oxygens (including phenoxy) is 3. The number of benzene rings is 1. The molecule has 7 heteroatoms. The molecule has 0 spiro atoms. The van der Waals surface area contributed by atoms with E-state index in [2.05, 4.69) is 14.9 Å². The second-order valence-electron chi connectivity index (χ2n) is 6.51. The lowest BCUT2D eigenvalue weighted by Crippen LogP contribution is -2.39. The molecular formula is C20H25N3O4. The van der Waals surface area contributed by atoms with Gasteiger partial charge < -0.3 is 19.1 Å². The third-order valence-corrected chi connectivity index (χ3v) is 4.53. The number of rotatable bonds is 6. The summed E-state index contributed by atoms with van der Waals surface area (Å²) in [7, 11) is 1.61. The lowest BCUT2D eigenvalue weighted by atomic mass is 9.98. The summed E-state index contributed by atoms with van der Waals surface area (Å²) < 4.78 is 16.4. The number of anilines is 1. The van der Waals surface area contributed by atoms with E-state index in [0.29, 0.717) is 30.5 Å². The van der Waals surface area contributed by atoms with Gasteiger partial charge in [-0.1, -0.05) is 6.07 Å². The predicted molar refractivity (Wildman–Crippen MR) is 101 cm³/mol. The van der Waals surface area contributed by atoms with E-state index >= 15 is 0 Å². The number of hydrogen-bond acceptors (Lipinski definition) is 7. The van der Waals surface area contributed by atoms with E-state index in [9.17, 15) is 4.79 Å². The highest BCUT2D eigenvalue weighted by molar-refractivity contribution is 5.73. The molecule has 2 aromatic rings. The van der Waals surface area contributed by atoms with Gasteiger partial charge >= 0.3 is 5.97 Å². The molecule has 1 aromatic heterocycles. The predicted octanol–water partition coefficient (Wildman–Crippen LogP) is 3.37. The molecule has 27 heavy (non-hydrogen) atoms. The summed E-state index contributed by atoms with van der Waals surface area (Å²) in [5.74, 6) is 2.14. The lowest BCUT2D eigenvalue weighted by Gasteiger charge is -2.32. The molecule has 1 aromatic carbocycles. The van der Waals surface area contributed by atoms with Crippen molar-refractivity contribution in [3.8, 4) is 17.4 Å². The van der Waals surface area contributed by atoms with E-state index in [-0.39, 0.29) is 11.9 Å². The fraction of sp³-hybridized carbons (Fsp3) is 0.450. The number of aryl methyl sites for hydroxylation is 1. The van der Waals surface area contributed by atoms with Crippen molar-refractivity contribution in [2.75, 3.05) is 31.7 Å². The minimum Gasteiger partial charge on any atom is -0.493 e. The maximum atomic E-state index is 12.1. The Kier molecular flexibility index (Phi) is 6.11. The number of nitrogens with zero attached hydrogens (tertiary/aromatic N) is 3. The van der Waals surface area contributed by atoms with Crippen LogP contribution in [-0.4, -0.2) is 42.7 Å². The van der Waals surface area contributed by atoms with E-state index in [0.717, 1.165) is 30.8 Å². The van der Waals surface area contributed by atoms with E-state index in [1.165, 1.54) is 6.33 Å². The summed E-state index contributed by atoms with van der Waals surface area (Å²) in [5.41, 5.74) is 1.08. The molecule has 2 heterocycles. The van der Waals surface area contributed by atoms with Gasteiger partial charge in [0.05, 0.1) is 19.6 Å². The monoisotopic (exact) mass is 371 g/mol. The van der Waals surface area contributed by atoms with Gasteiger partial charge in [-0.25, -0.2) is 9.97 Å². The van der Waals surface area contributed by atoms with Crippen molar-refractivity contribution in [3.63, 3.8) is 0 Å². The van der Waals surface area contributed by atoms with E-state index in [1.54, 1.807) is 13.2 Å². The Balaban J connectivity index is 1.75. The van der Waals surface area contributed by atoms with Crippen molar-refractivity contribution < 1.29 is 19.0 Å². The van der Waals surface area contributed by atoms with Crippen LogP contribution >= 0.6 is 0 Å². The molecule has 144 valence electrons. The van der Waals surface area contributed by atoms with Crippen molar-refractivity contribution in [2.45, 2.75) is 26.7 Å². The highest BCUT2D eigenvalue weighted by atomic mass is 16.5. The smallest absolute Gasteiger partial charge is 0.310 e. The van der Waals surface area contributed by atoms with Gasteiger partial charge in [-0.15, -0.1) is 0 Å². The fourth-order valence-electron chi connectivity index (χ4n) is 3.17. The van der Waals surface area contributed by atoms with Gasteiger partial charge in [0, 0.05) is 19.2 Å². The van der Waals surface area contributed by atoms with Crippen molar-refractivity contribution in [1.29, 1.82) is 0 Å². The number of carbonyl (C=O) groups excluding carboxylic acids is 1. The van der Waals surface area contributed by atoms with Crippen LogP contribution in [0.4, 0.5) is 5.82 Å². The quantitative estimate of drug-likeness (QED) is 0.721. The Morgan fingerprint density at radius 1 is 1.26 bits per heavy atom. The minimum absolute atomic E-state index is 0.129. The average molecular weight is 371 g/mol. The Bertz CT molecular complexity index is 797. The summed E-state index contributed by atoms with van der Waals surface area (Å²) in [6, 6.07) is 7.50. The van der Waals surface area contributed by atoms with Crippen LogP contribution in [-0.2, 0) is 9.53 Å². The second kappa shape index (κ2) is 8.70. The Morgan fingerprint density at radius 3 is 2.89 bits per heavy atom. The van der Waals surface area contributed by atoms with Gasteiger partial charge in [-0.2, -0.15) is 0 Å². The zero-order valence-corrected chi connectivity index (χ0v) is 16.0. The van der Waals surface area contributed by atoms with Crippen LogP contribution in [0, 0.1) is 12.8 Å². The standard InChI is InChI=1S/C20H25N3O4/c1-4-26-20(24)15-6-5-9-23(12-15)18-11-19(22-13-21-18)27-16-8-7-14(2)10-17(16)25-3/h7-8,10-11,13,15H,4-6,9,12H2,1-3H3/t15-/m0/s1. The molecule has 0 N–H and O–H groups in total. The van der Waals surface area contributed by atoms with Crippen LogP contribution < -0.4 is 14.4 Å². The van der Waals surface area contributed by atoms with E-state index in [1.807, 2.05) is 32.0 Å². The molecule has 1 saturated heterocycles. The molecule has 0 radical (unpaired) electrons. The van der Waals surface area contributed by atoms with Gasteiger partial charge in [-0.05, 0) is 44.4 Å². The molecule has 1 aliphatic rings. The van der Waals surface area contributed by atoms with Gasteiger partial charge in [0.25, 0.3) is 0 Å². The summed E-state index contributed by atoms with van der Waals surface area (Å²) in [6.45, 7) is 5.64. The topological polar surface area (TPSA) is 73.8 Å². The van der Waals surface area contributed by atoms with Crippen molar-refractivity contribution in [3.05, 3.63) is 36.2 Å². The van der Waals surface area contributed by atoms with Gasteiger partial charge in [0.1, 0.15) is 12.1 Å². The molecule has 1 aliphatic heterocycles. The van der Waals surface area contributed by atoms with Crippen molar-refractivity contribution in [1.82, 2.24) is 9.97 Å². The number of esters is 1. The summed E-state index contributed by atoms with van der Waals surface area (Å²) >= 11 is 0. The first kappa shape index (κ1) is 18.9. The molecule has 3 rings (SSSR count). The van der Waals surface area contributed by atoms with Crippen LogP contribution in [0.2, 0.25) is 0 Å². The van der Waals surface area contributed by atoms with Gasteiger partial charge in [0.2, 0.25) is 5.88 Å². The fourth-order valence-corrected chi connectivity index (χ4v) is 3.17. The molecule has 1 fully saturated rings. The third-order valence-electron chi connectivity index (χ3n) is 4.53. The first-order chi connectivity index (χ1) is 13.1. The zero-order chi connectivity index (χ0) is 19.2. The highest BCUT2D eigenvalue weighted by Gasteiger charge is 2.27. The highest BCUT2D eigenvalue weighted by Crippen LogP contribution is 2.32. The molecule has 0 amide bonds. The SMILES string of the molecule is CCOC(=O)[C@H]1CCCN(c2cc(Oc3ccc(C)cc3OC)ncn2)C1. The van der Waals surface area contributed by atoms with E-state index < -0.39 is 0 Å². The molecule has 0 unspecified atom stereocenters. The van der Waals surface area contributed by atoms with Gasteiger partial charge in [-0.3, -0.25) is 4.79 Å². The Morgan fingerprint density at radius 2 is 2.11 bits per heavy atom. The van der Waals surface area contributed by atoms with Crippen molar-refractivity contribution >= 4 is 11.8 Å². The third kappa shape index (κ3) is 4.67. The number of hydrogen-bond donors (Lipinski definition) is 0. The summed E-state index contributed by atoms with van der Waals surface area (Å²) in [4.78, 5) is 22.7. The molecule has 1 atom stereocenters. The number of methoxy groups -OCH3 is 1. The van der Waals surface area contributed by atoms with Crippen LogP contribution in [0.1, 0.15) is 25.3 Å². The molecule has 0 bridgehead atoms. The second-order valence-corrected chi connectivity index (χ2v) is 6.51. The average Bonchev–Trinajstić information content (AvgIpc) is 2.70. The number of aromatic nitrogens is 2. The molecule has 0 saturated carbocycles. The van der Waals surface area contributed by atoms with E-state index in [4.69, 9.17) is 14.2 Å². The molecule has 7 nitrogen and oxygen atoms in total. The lowest BCUT2D eigenvalue weighted by molar-refractivity contribution is -0.148. The van der Waals surface area contributed by atoms with Gasteiger partial charge in [0.15, 0.2) is 11.5 Å². The van der Waals surface area contributed by atoms with Crippen molar-refractivity contribution in [2.24, 2.45) is 5.92 Å². The van der Waals surface area contributed by atoms with Crippen LogP contribution in [0.25, 0.3) is 0 Å². The van der Waals surface area contributed by atoms with Crippen LogP contribution in [0.15, 0.2) is 30.6 Å². The summed E-state index contributed by atoms with van der Waals surface area (Å²) in [5, 5.41) is 0. The normalized spacial score (nSPS) is 16.7. The minimum atomic E-state index is -0.142. The Labute approximate surface area is 159 Å². The first-order valence-electron chi connectivity index (χ1n) is 9.16. The zero-order valence-electron chi connectivity index (χ0n) is 16.0. The summed E-state index contributed by atoms with van der Waals surface area (Å²) in [6.07, 6.45) is 3.22. The number of carbonyl (C=O) groups is 1. The Hall–Kier alpha value is -2.83. The number of piperidine rings is 1. The van der Waals surface area contributed by atoms with Crippen LogP contribution in [0.3, 0.4) is 0 Å². The van der Waals surface area contributed by atoms with Crippen LogP contribution in [0.5, 0.6) is 17.4 Å². The molecular weight excluding hydrogens is 346 g/mol. The molecule has 0 aliphatic carbocycles. The first-order valence-corrected chi connectivity index (χ1v) is 9.16. The maximum Gasteiger partial charge on any atom is 0.310 e.